The average Bonchev–Trinajstić information content (AvgIpc) is 2.95. The summed E-state index contributed by atoms with van der Waals surface area (Å²) in [5.74, 6) is -0.819. The second-order valence-corrected chi connectivity index (χ2v) is 6.57. The van der Waals surface area contributed by atoms with Gasteiger partial charge in [0.2, 0.25) is 0 Å². The van der Waals surface area contributed by atoms with E-state index in [2.05, 4.69) is 4.98 Å². The van der Waals surface area contributed by atoms with Crippen molar-refractivity contribution in [2.45, 2.75) is 6.92 Å². The minimum atomic E-state index is -0.841. The number of rotatable bonds is 3. The van der Waals surface area contributed by atoms with Gasteiger partial charge in [0.1, 0.15) is 5.82 Å². The molecule has 1 fully saturated rings. The summed E-state index contributed by atoms with van der Waals surface area (Å²) < 4.78 is 0. The third kappa shape index (κ3) is 2.79. The normalized spacial score (nSPS) is 20.4. The number of carboxylic acids is 1. The minimum absolute atomic E-state index is 0.0483. The molecule has 2 heterocycles. The van der Waals surface area contributed by atoms with Gasteiger partial charge in [0.25, 0.3) is 5.91 Å². The topological polar surface area (TPSA) is 73.7 Å². The van der Waals surface area contributed by atoms with Crippen molar-refractivity contribution in [3.8, 4) is 0 Å². The Morgan fingerprint density at radius 2 is 1.96 bits per heavy atom. The van der Waals surface area contributed by atoms with Crippen LogP contribution in [0.3, 0.4) is 0 Å². The molecule has 0 spiro atoms. The van der Waals surface area contributed by atoms with Crippen LogP contribution in [0, 0.1) is 11.8 Å². The maximum absolute atomic E-state index is 13.0. The molecule has 2 aromatic rings. The molecular formula is C18H21N3O3. The number of carboxylic acid groups (broad SMARTS) is 1. The number of likely N-dealkylation sites (tertiary alicyclic amines) is 1. The molecule has 126 valence electrons. The Bertz CT molecular complexity index is 803. The third-order valence-electron chi connectivity index (χ3n) is 4.61. The fraction of sp³-hybridized carbons (Fsp3) is 0.389. The Balaban J connectivity index is 2.02. The molecule has 0 radical (unpaired) electrons. The second kappa shape index (κ2) is 6.11. The summed E-state index contributed by atoms with van der Waals surface area (Å²) in [7, 11) is 3.76. The van der Waals surface area contributed by atoms with Crippen molar-refractivity contribution in [1.29, 1.82) is 0 Å². The fourth-order valence-electron chi connectivity index (χ4n) is 3.19. The van der Waals surface area contributed by atoms with Crippen LogP contribution in [0.4, 0.5) is 5.82 Å². The van der Waals surface area contributed by atoms with Gasteiger partial charge in [-0.05, 0) is 18.1 Å². The number of carbonyl (C=O) groups excluding carboxylic acids is 1. The van der Waals surface area contributed by atoms with Crippen molar-refractivity contribution >= 4 is 28.6 Å². The molecule has 1 aliphatic heterocycles. The smallest absolute Gasteiger partial charge is 0.308 e. The van der Waals surface area contributed by atoms with Crippen molar-refractivity contribution < 1.29 is 14.7 Å². The van der Waals surface area contributed by atoms with Crippen LogP contribution in [0.25, 0.3) is 10.9 Å². The molecule has 0 aliphatic carbocycles. The van der Waals surface area contributed by atoms with Gasteiger partial charge in [-0.1, -0.05) is 25.1 Å². The molecule has 6 heteroatoms. The lowest BCUT2D eigenvalue weighted by molar-refractivity contribution is -0.142. The summed E-state index contributed by atoms with van der Waals surface area (Å²) in [6.07, 6.45) is 0. The highest BCUT2D eigenvalue weighted by molar-refractivity contribution is 6.07. The van der Waals surface area contributed by atoms with Crippen molar-refractivity contribution in [3.05, 3.63) is 35.9 Å². The van der Waals surface area contributed by atoms with E-state index in [-0.39, 0.29) is 18.4 Å². The van der Waals surface area contributed by atoms with Crippen LogP contribution >= 0.6 is 0 Å². The van der Waals surface area contributed by atoms with Crippen molar-refractivity contribution in [3.63, 3.8) is 0 Å². The predicted molar refractivity (Wildman–Crippen MR) is 92.3 cm³/mol. The van der Waals surface area contributed by atoms with Gasteiger partial charge in [0.15, 0.2) is 0 Å². The predicted octanol–water partition coefficient (Wildman–Crippen LogP) is 2.09. The second-order valence-electron chi connectivity index (χ2n) is 6.57. The summed E-state index contributed by atoms with van der Waals surface area (Å²) in [6.45, 7) is 2.59. The number of amides is 1. The lowest BCUT2D eigenvalue weighted by Crippen LogP contribution is -2.30. The largest absolute Gasteiger partial charge is 0.481 e. The highest BCUT2D eigenvalue weighted by atomic mass is 16.4. The van der Waals surface area contributed by atoms with Gasteiger partial charge >= 0.3 is 5.97 Å². The van der Waals surface area contributed by atoms with Crippen molar-refractivity contribution in [2.75, 3.05) is 32.1 Å². The first kappa shape index (κ1) is 16.2. The number of pyridine rings is 1. The number of anilines is 1. The number of carbonyl (C=O) groups is 2. The number of nitrogens with zero attached hydrogens (tertiary/aromatic N) is 3. The molecule has 3 rings (SSSR count). The van der Waals surface area contributed by atoms with Crippen molar-refractivity contribution in [1.82, 2.24) is 9.88 Å². The Kier molecular flexibility index (Phi) is 4.13. The molecule has 2 atom stereocenters. The first-order valence-electron chi connectivity index (χ1n) is 7.97. The van der Waals surface area contributed by atoms with Crippen molar-refractivity contribution in [2.24, 2.45) is 11.8 Å². The van der Waals surface area contributed by atoms with E-state index in [1.54, 1.807) is 11.0 Å². The van der Waals surface area contributed by atoms with E-state index < -0.39 is 11.9 Å². The summed E-state index contributed by atoms with van der Waals surface area (Å²) in [6, 6.07) is 9.31. The van der Waals surface area contributed by atoms with E-state index in [1.807, 2.05) is 50.2 Å². The molecule has 1 aliphatic rings. The van der Waals surface area contributed by atoms with E-state index in [4.69, 9.17) is 0 Å². The molecule has 1 saturated heterocycles. The zero-order chi connectivity index (χ0) is 17.4. The number of fused-ring (bicyclic) bond motifs is 1. The van der Waals surface area contributed by atoms with Gasteiger partial charge in [-0.25, -0.2) is 4.98 Å². The molecule has 1 aromatic carbocycles. The fourth-order valence-corrected chi connectivity index (χ4v) is 3.19. The van der Waals surface area contributed by atoms with Gasteiger partial charge in [0, 0.05) is 32.6 Å². The molecular weight excluding hydrogens is 306 g/mol. The van der Waals surface area contributed by atoms with Gasteiger partial charge in [-0.2, -0.15) is 0 Å². The maximum atomic E-state index is 13.0. The zero-order valence-electron chi connectivity index (χ0n) is 14.1. The number of aliphatic carboxylic acids is 1. The molecule has 0 bridgehead atoms. The summed E-state index contributed by atoms with van der Waals surface area (Å²) >= 11 is 0. The van der Waals surface area contributed by atoms with Crippen LogP contribution in [-0.4, -0.2) is 54.1 Å². The van der Waals surface area contributed by atoms with E-state index in [9.17, 15) is 14.7 Å². The number of benzene rings is 1. The zero-order valence-corrected chi connectivity index (χ0v) is 14.1. The first-order chi connectivity index (χ1) is 11.4. The molecule has 1 N–H and O–H groups in total. The van der Waals surface area contributed by atoms with Crippen LogP contribution in [0.1, 0.15) is 17.3 Å². The van der Waals surface area contributed by atoms with Crippen LogP contribution in [0.2, 0.25) is 0 Å². The Labute approximate surface area is 140 Å². The number of hydrogen-bond acceptors (Lipinski definition) is 4. The highest BCUT2D eigenvalue weighted by Crippen LogP contribution is 2.28. The van der Waals surface area contributed by atoms with Crippen LogP contribution in [-0.2, 0) is 4.79 Å². The SMILES string of the molecule is C[C@@H]1CN(C(=O)c2cc(N(C)C)nc3ccccc23)C[C@H]1C(=O)O. The lowest BCUT2D eigenvalue weighted by atomic mass is 9.99. The average molecular weight is 327 g/mol. The molecule has 24 heavy (non-hydrogen) atoms. The maximum Gasteiger partial charge on any atom is 0.308 e. The highest BCUT2D eigenvalue weighted by Gasteiger charge is 2.37. The molecule has 0 unspecified atom stereocenters. The van der Waals surface area contributed by atoms with Crippen LogP contribution in [0.15, 0.2) is 30.3 Å². The molecule has 6 nitrogen and oxygen atoms in total. The van der Waals surface area contributed by atoms with Crippen LogP contribution < -0.4 is 4.90 Å². The Morgan fingerprint density at radius 3 is 2.58 bits per heavy atom. The van der Waals surface area contributed by atoms with E-state index >= 15 is 0 Å². The number of aromatic nitrogens is 1. The van der Waals surface area contributed by atoms with Gasteiger partial charge in [0.05, 0.1) is 17.0 Å². The summed E-state index contributed by atoms with van der Waals surface area (Å²) in [5.41, 5.74) is 1.33. The summed E-state index contributed by atoms with van der Waals surface area (Å²) in [4.78, 5) is 32.4. The molecule has 1 amide bonds. The number of para-hydroxylation sites is 1. The Hall–Kier alpha value is -2.63. The van der Waals surface area contributed by atoms with Gasteiger partial charge in [-0.3, -0.25) is 9.59 Å². The lowest BCUT2D eigenvalue weighted by Gasteiger charge is -2.19. The summed E-state index contributed by atoms with van der Waals surface area (Å²) in [5, 5.41) is 10.1. The first-order valence-corrected chi connectivity index (χ1v) is 7.97. The van der Waals surface area contributed by atoms with Gasteiger partial charge < -0.3 is 14.9 Å². The quantitative estimate of drug-likeness (QED) is 0.934. The standard InChI is InChI=1S/C18H21N3O3/c1-11-9-21(10-14(11)18(23)24)17(22)13-8-16(20(2)3)19-15-7-5-4-6-12(13)15/h4-8,11,14H,9-10H2,1-3H3,(H,23,24)/t11-,14-/m1/s1. The van der Waals surface area contributed by atoms with Gasteiger partial charge in [-0.15, -0.1) is 0 Å². The third-order valence-corrected chi connectivity index (χ3v) is 4.61. The van der Waals surface area contributed by atoms with Crippen LogP contribution in [0.5, 0.6) is 0 Å². The number of hydrogen-bond donors (Lipinski definition) is 1. The monoisotopic (exact) mass is 327 g/mol. The minimum Gasteiger partial charge on any atom is -0.481 e. The molecule has 0 saturated carbocycles. The Morgan fingerprint density at radius 1 is 1.25 bits per heavy atom. The van der Waals surface area contributed by atoms with E-state index in [1.165, 1.54) is 0 Å². The van der Waals surface area contributed by atoms with E-state index in [0.29, 0.717) is 17.9 Å². The van der Waals surface area contributed by atoms with E-state index in [0.717, 1.165) is 10.9 Å². The molecule has 1 aromatic heterocycles.